The number of rotatable bonds is 4. The quantitative estimate of drug-likeness (QED) is 0.505. The summed E-state index contributed by atoms with van der Waals surface area (Å²) in [5.74, 6) is 0. The first kappa shape index (κ1) is 12.7. The monoisotopic (exact) mass is 285 g/mol. The van der Waals surface area contributed by atoms with Crippen LogP contribution in [0.25, 0.3) is 6.08 Å². The molecule has 0 aliphatic rings. The van der Waals surface area contributed by atoms with Crippen LogP contribution in [0.5, 0.6) is 0 Å². The highest BCUT2D eigenvalue weighted by Gasteiger charge is 2.19. The predicted octanol–water partition coefficient (Wildman–Crippen LogP) is 2.30. The largest absolute Gasteiger partial charge is 0.393 e. The lowest BCUT2D eigenvalue weighted by atomic mass is 10.0. The molecule has 0 atom stereocenters. The number of benzene rings is 1. The smallest absolute Gasteiger partial charge is 0.293 e. The minimum absolute atomic E-state index is 0.0947. The highest BCUT2D eigenvalue weighted by Crippen LogP contribution is 2.34. The van der Waals surface area contributed by atoms with Gasteiger partial charge in [0.05, 0.1) is 4.92 Å². The Morgan fingerprint density at radius 3 is 2.81 bits per heavy atom. The van der Waals surface area contributed by atoms with E-state index in [1.165, 1.54) is 6.07 Å². The minimum Gasteiger partial charge on any atom is -0.393 e. The minimum atomic E-state index is -0.494. The number of anilines is 1. The summed E-state index contributed by atoms with van der Waals surface area (Å²) < 4.78 is 0.619. The van der Waals surface area contributed by atoms with Crippen molar-refractivity contribution >= 4 is 33.4 Å². The van der Waals surface area contributed by atoms with Gasteiger partial charge < -0.3 is 11.1 Å². The Kier molecular flexibility index (Phi) is 4.03. The van der Waals surface area contributed by atoms with Crippen molar-refractivity contribution in [2.24, 2.45) is 0 Å². The molecule has 6 heteroatoms. The van der Waals surface area contributed by atoms with Gasteiger partial charge in [-0.3, -0.25) is 10.1 Å². The van der Waals surface area contributed by atoms with Gasteiger partial charge in [0.25, 0.3) is 5.69 Å². The standard InChI is InChI=1S/C10H12BrN3O2/c1-3-6-7(5-13-2)10(12)9(14(15)16)4-8(6)11/h3-4,13H,1,5,12H2,2H3. The highest BCUT2D eigenvalue weighted by atomic mass is 79.9. The molecule has 1 aromatic carbocycles. The van der Waals surface area contributed by atoms with Crippen LogP contribution in [0.1, 0.15) is 11.1 Å². The average molecular weight is 286 g/mol. The van der Waals surface area contributed by atoms with Crippen molar-refractivity contribution < 1.29 is 4.92 Å². The van der Waals surface area contributed by atoms with Crippen molar-refractivity contribution in [3.05, 3.63) is 38.4 Å². The topological polar surface area (TPSA) is 81.2 Å². The van der Waals surface area contributed by atoms with Gasteiger partial charge in [0, 0.05) is 22.6 Å². The van der Waals surface area contributed by atoms with E-state index >= 15 is 0 Å². The number of halogens is 1. The van der Waals surface area contributed by atoms with E-state index in [1.807, 2.05) is 0 Å². The summed E-state index contributed by atoms with van der Waals surface area (Å²) in [6.07, 6.45) is 1.62. The maximum absolute atomic E-state index is 10.8. The SMILES string of the molecule is C=Cc1c(Br)cc([N+](=O)[O-])c(N)c1CNC. The van der Waals surface area contributed by atoms with E-state index in [-0.39, 0.29) is 11.4 Å². The van der Waals surface area contributed by atoms with Crippen LogP contribution in [0.2, 0.25) is 0 Å². The van der Waals surface area contributed by atoms with Gasteiger partial charge in [-0.05, 0) is 28.5 Å². The van der Waals surface area contributed by atoms with Gasteiger partial charge in [-0.15, -0.1) is 0 Å². The van der Waals surface area contributed by atoms with Gasteiger partial charge in [0.15, 0.2) is 0 Å². The van der Waals surface area contributed by atoms with E-state index in [4.69, 9.17) is 5.73 Å². The molecule has 3 N–H and O–H groups in total. The molecule has 0 fully saturated rings. The van der Waals surface area contributed by atoms with Crippen molar-refractivity contribution in [1.82, 2.24) is 5.32 Å². The second kappa shape index (κ2) is 5.09. The molecule has 0 amide bonds. The molecule has 1 aromatic rings. The Morgan fingerprint density at radius 2 is 2.38 bits per heavy atom. The summed E-state index contributed by atoms with van der Waals surface area (Å²) in [6, 6.07) is 1.39. The normalized spacial score (nSPS) is 10.1. The third kappa shape index (κ3) is 2.23. The molecule has 86 valence electrons. The first-order chi connectivity index (χ1) is 7.52. The van der Waals surface area contributed by atoms with E-state index in [0.717, 1.165) is 5.56 Å². The van der Waals surface area contributed by atoms with Crippen molar-refractivity contribution in [2.75, 3.05) is 12.8 Å². The number of hydrogen-bond donors (Lipinski definition) is 2. The molecule has 0 bridgehead atoms. The fraction of sp³-hybridized carbons (Fsp3) is 0.200. The molecular weight excluding hydrogens is 274 g/mol. The Labute approximate surface area is 102 Å². The third-order valence-electron chi connectivity index (χ3n) is 2.20. The lowest BCUT2D eigenvalue weighted by Gasteiger charge is -2.11. The summed E-state index contributed by atoms with van der Waals surface area (Å²) in [6.45, 7) is 4.12. The Bertz CT molecular complexity index is 446. The Morgan fingerprint density at radius 1 is 1.75 bits per heavy atom. The van der Waals surface area contributed by atoms with Crippen LogP contribution in [0, 0.1) is 10.1 Å². The van der Waals surface area contributed by atoms with E-state index in [1.54, 1.807) is 13.1 Å². The highest BCUT2D eigenvalue weighted by molar-refractivity contribution is 9.10. The molecule has 1 rings (SSSR count). The zero-order valence-electron chi connectivity index (χ0n) is 8.79. The first-order valence-corrected chi connectivity index (χ1v) is 5.34. The molecule has 5 nitrogen and oxygen atoms in total. The zero-order chi connectivity index (χ0) is 12.3. The maximum atomic E-state index is 10.8. The fourth-order valence-electron chi connectivity index (χ4n) is 1.46. The number of nitrogens with zero attached hydrogens (tertiary/aromatic N) is 1. The van der Waals surface area contributed by atoms with Crippen LogP contribution in [0.4, 0.5) is 11.4 Å². The van der Waals surface area contributed by atoms with Gasteiger partial charge in [-0.2, -0.15) is 0 Å². The van der Waals surface area contributed by atoms with E-state index in [2.05, 4.69) is 27.8 Å². The number of nitrogens with two attached hydrogens (primary N) is 1. The second-order valence-electron chi connectivity index (χ2n) is 3.17. The predicted molar refractivity (Wildman–Crippen MR) is 68.1 cm³/mol. The fourth-order valence-corrected chi connectivity index (χ4v) is 2.08. The van der Waals surface area contributed by atoms with Crippen molar-refractivity contribution in [3.63, 3.8) is 0 Å². The third-order valence-corrected chi connectivity index (χ3v) is 2.86. The van der Waals surface area contributed by atoms with Crippen LogP contribution < -0.4 is 11.1 Å². The first-order valence-electron chi connectivity index (χ1n) is 4.55. The van der Waals surface area contributed by atoms with Crippen LogP contribution in [-0.4, -0.2) is 12.0 Å². The molecular formula is C10H12BrN3O2. The second-order valence-corrected chi connectivity index (χ2v) is 4.03. The lowest BCUT2D eigenvalue weighted by molar-refractivity contribution is -0.384. The van der Waals surface area contributed by atoms with Gasteiger partial charge in [-0.25, -0.2) is 0 Å². The lowest BCUT2D eigenvalue weighted by Crippen LogP contribution is -2.11. The number of nitro benzene ring substituents is 1. The number of nitro groups is 1. The molecule has 0 saturated heterocycles. The van der Waals surface area contributed by atoms with Gasteiger partial charge in [0.2, 0.25) is 0 Å². The van der Waals surface area contributed by atoms with Crippen LogP contribution in [0.3, 0.4) is 0 Å². The average Bonchev–Trinajstić information content (AvgIpc) is 2.23. The molecule has 0 aromatic heterocycles. The van der Waals surface area contributed by atoms with Crippen LogP contribution in [0.15, 0.2) is 17.1 Å². The van der Waals surface area contributed by atoms with Crippen LogP contribution >= 0.6 is 15.9 Å². The van der Waals surface area contributed by atoms with Crippen molar-refractivity contribution in [3.8, 4) is 0 Å². The Hall–Kier alpha value is -1.40. The van der Waals surface area contributed by atoms with Gasteiger partial charge in [-0.1, -0.05) is 12.7 Å². The number of nitrogens with one attached hydrogen (secondary N) is 1. The van der Waals surface area contributed by atoms with Gasteiger partial charge >= 0.3 is 0 Å². The number of hydrogen-bond acceptors (Lipinski definition) is 4. The molecule has 0 unspecified atom stereocenters. The summed E-state index contributed by atoms with van der Waals surface area (Å²) in [5.41, 5.74) is 7.30. The summed E-state index contributed by atoms with van der Waals surface area (Å²) in [5, 5.41) is 13.7. The molecule has 0 spiro atoms. The van der Waals surface area contributed by atoms with Crippen molar-refractivity contribution in [2.45, 2.75) is 6.54 Å². The molecule has 0 aliphatic heterocycles. The molecule has 0 aliphatic carbocycles. The molecule has 16 heavy (non-hydrogen) atoms. The molecule has 0 saturated carbocycles. The van der Waals surface area contributed by atoms with E-state index < -0.39 is 4.92 Å². The summed E-state index contributed by atoms with van der Waals surface area (Å²) >= 11 is 3.27. The summed E-state index contributed by atoms with van der Waals surface area (Å²) in [7, 11) is 1.75. The maximum Gasteiger partial charge on any atom is 0.293 e. The Balaban J connectivity index is 3.51. The summed E-state index contributed by atoms with van der Waals surface area (Å²) in [4.78, 5) is 10.3. The van der Waals surface area contributed by atoms with Gasteiger partial charge in [0.1, 0.15) is 5.69 Å². The van der Waals surface area contributed by atoms with Crippen molar-refractivity contribution in [1.29, 1.82) is 0 Å². The van der Waals surface area contributed by atoms with Crippen LogP contribution in [-0.2, 0) is 6.54 Å². The van der Waals surface area contributed by atoms with E-state index in [9.17, 15) is 10.1 Å². The number of nitrogen functional groups attached to an aromatic ring is 1. The molecule has 0 heterocycles. The molecule has 0 radical (unpaired) electrons. The zero-order valence-corrected chi connectivity index (χ0v) is 10.4. The van der Waals surface area contributed by atoms with E-state index in [0.29, 0.717) is 16.6 Å².